The summed E-state index contributed by atoms with van der Waals surface area (Å²) in [5.41, 5.74) is 2.29. The van der Waals surface area contributed by atoms with Crippen LogP contribution in [0.25, 0.3) is 10.9 Å². The van der Waals surface area contributed by atoms with Gasteiger partial charge in [0.25, 0.3) is 0 Å². The van der Waals surface area contributed by atoms with Gasteiger partial charge in [-0.1, -0.05) is 79.8 Å². The van der Waals surface area contributed by atoms with Crippen LogP contribution in [0.1, 0.15) is 63.9 Å². The van der Waals surface area contributed by atoms with E-state index < -0.39 is 0 Å². The lowest BCUT2D eigenvalue weighted by molar-refractivity contribution is -0.129. The van der Waals surface area contributed by atoms with Gasteiger partial charge in [0.1, 0.15) is 5.75 Å². The highest BCUT2D eigenvalue weighted by Crippen LogP contribution is 2.24. The van der Waals surface area contributed by atoms with Gasteiger partial charge in [-0.25, -0.2) is 0 Å². The Hall–Kier alpha value is -3.53. The Kier molecular flexibility index (Phi) is 15.8. The van der Waals surface area contributed by atoms with E-state index in [0.29, 0.717) is 13.0 Å². The van der Waals surface area contributed by atoms with E-state index in [-0.39, 0.29) is 5.91 Å². The number of allylic oxidation sites excluding steroid dienone is 12. The fraction of sp³-hybridized carbons (Fsp3) is 0.382. The zero-order valence-corrected chi connectivity index (χ0v) is 23.6. The van der Waals surface area contributed by atoms with Crippen molar-refractivity contribution < 1.29 is 9.53 Å². The quantitative estimate of drug-likeness (QED) is 0.202. The zero-order chi connectivity index (χ0) is 27.3. The molecule has 0 atom stereocenters. The van der Waals surface area contributed by atoms with Gasteiger partial charge in [-0.2, -0.15) is 0 Å². The van der Waals surface area contributed by atoms with Crippen LogP contribution in [0.2, 0.25) is 0 Å². The van der Waals surface area contributed by atoms with Gasteiger partial charge in [-0.15, -0.1) is 0 Å². The number of carbonyl (C=O) groups excluding carboxylic acids is 1. The third-order valence-electron chi connectivity index (χ3n) is 6.24. The molecule has 0 aliphatic heterocycles. The van der Waals surface area contributed by atoms with Gasteiger partial charge in [-0.05, 0) is 75.1 Å². The van der Waals surface area contributed by atoms with Gasteiger partial charge in [0, 0.05) is 37.1 Å². The predicted molar refractivity (Wildman–Crippen MR) is 164 cm³/mol. The van der Waals surface area contributed by atoms with E-state index in [9.17, 15) is 4.79 Å². The first-order chi connectivity index (χ1) is 18.7. The first kappa shape index (κ1) is 30.7. The van der Waals surface area contributed by atoms with E-state index in [1.807, 2.05) is 36.3 Å². The van der Waals surface area contributed by atoms with Crippen molar-refractivity contribution in [2.24, 2.45) is 0 Å². The highest BCUT2D eigenvalue weighted by molar-refractivity contribution is 5.84. The molecular formula is C34H46N2O2. The Morgan fingerprint density at radius 3 is 1.95 bits per heavy atom. The molecule has 4 heteroatoms. The minimum absolute atomic E-state index is 0.182. The summed E-state index contributed by atoms with van der Waals surface area (Å²) in [6.45, 7) is 2.86. The number of benzene rings is 1. The average Bonchev–Trinajstić information content (AvgIpc) is 3.34. The van der Waals surface area contributed by atoms with Gasteiger partial charge < -0.3 is 14.6 Å². The van der Waals surface area contributed by atoms with Crippen molar-refractivity contribution in [1.29, 1.82) is 0 Å². The molecule has 4 nitrogen and oxygen atoms in total. The molecule has 2 rings (SSSR count). The second kappa shape index (κ2) is 19.6. The lowest BCUT2D eigenvalue weighted by Gasteiger charge is -2.16. The maximum atomic E-state index is 12.5. The maximum absolute atomic E-state index is 12.5. The summed E-state index contributed by atoms with van der Waals surface area (Å²) in [6.07, 6.45) is 36.5. The normalized spacial score (nSPS) is 12.6. The molecule has 0 spiro atoms. The van der Waals surface area contributed by atoms with Crippen LogP contribution >= 0.6 is 0 Å². The molecule has 0 unspecified atom stereocenters. The standard InChI is InChI=1S/C34H46N2O2/c1-4-5-6-7-8-9-10-11-12-13-14-15-16-17-18-19-20-21-22-23-34(37)36(2)27-26-30-29-35-33-25-24-31(38-3)28-32(30)33/h5-6,8-9,11-12,14-15,17-18,20-21,24-25,28-29,35H,4,7,10,13,16,19,22-23,26-27H2,1-3H3/b6-5-,9-8-,12-11-,15-14-,18-17-,21-20-. The smallest absolute Gasteiger partial charge is 0.222 e. The van der Waals surface area contributed by atoms with Crippen LogP contribution < -0.4 is 4.74 Å². The van der Waals surface area contributed by atoms with Crippen LogP contribution in [0, 0.1) is 0 Å². The maximum Gasteiger partial charge on any atom is 0.222 e. The molecule has 1 heterocycles. The van der Waals surface area contributed by atoms with E-state index >= 15 is 0 Å². The van der Waals surface area contributed by atoms with E-state index in [1.54, 1.807) is 7.11 Å². The van der Waals surface area contributed by atoms with Crippen molar-refractivity contribution in [1.82, 2.24) is 9.88 Å². The number of hydrogen-bond donors (Lipinski definition) is 1. The summed E-state index contributed by atoms with van der Waals surface area (Å²) in [5.74, 6) is 1.03. The van der Waals surface area contributed by atoms with Crippen molar-refractivity contribution >= 4 is 16.8 Å². The van der Waals surface area contributed by atoms with Crippen LogP contribution in [-0.2, 0) is 11.2 Å². The molecule has 0 aliphatic rings. The molecule has 1 N–H and O–H groups in total. The number of H-pyrrole nitrogens is 1. The van der Waals surface area contributed by atoms with Crippen LogP contribution in [0.3, 0.4) is 0 Å². The van der Waals surface area contributed by atoms with Crippen LogP contribution in [0.5, 0.6) is 5.75 Å². The van der Waals surface area contributed by atoms with Crippen molar-refractivity contribution in [2.75, 3.05) is 20.7 Å². The second-order valence-corrected chi connectivity index (χ2v) is 9.24. The number of carbonyl (C=O) groups is 1. The van der Waals surface area contributed by atoms with E-state index in [1.165, 1.54) is 5.56 Å². The Bertz CT molecular complexity index is 1110. The summed E-state index contributed by atoms with van der Waals surface area (Å²) in [6, 6.07) is 6.02. The second-order valence-electron chi connectivity index (χ2n) is 9.24. The topological polar surface area (TPSA) is 45.3 Å². The van der Waals surface area contributed by atoms with Gasteiger partial charge >= 0.3 is 0 Å². The molecule has 0 radical (unpaired) electrons. The molecule has 2 aromatic rings. The van der Waals surface area contributed by atoms with Crippen LogP contribution in [-0.4, -0.2) is 36.5 Å². The van der Waals surface area contributed by atoms with Crippen LogP contribution in [0.15, 0.2) is 97.3 Å². The Morgan fingerprint density at radius 2 is 1.39 bits per heavy atom. The third-order valence-corrected chi connectivity index (χ3v) is 6.24. The Morgan fingerprint density at radius 1 is 0.842 bits per heavy atom. The Labute approximate surface area is 230 Å². The molecule has 0 fully saturated rings. The highest BCUT2D eigenvalue weighted by Gasteiger charge is 2.10. The third kappa shape index (κ3) is 12.6. The largest absolute Gasteiger partial charge is 0.497 e. The Balaban J connectivity index is 1.53. The molecule has 204 valence electrons. The number of aromatic nitrogens is 1. The number of nitrogens with one attached hydrogen (secondary N) is 1. The zero-order valence-electron chi connectivity index (χ0n) is 23.6. The molecule has 0 saturated heterocycles. The van der Waals surface area contributed by atoms with E-state index in [0.717, 1.165) is 68.0 Å². The number of fused-ring (bicyclic) bond motifs is 1. The van der Waals surface area contributed by atoms with E-state index in [4.69, 9.17) is 4.74 Å². The number of ether oxygens (including phenoxy) is 1. The summed E-state index contributed by atoms with van der Waals surface area (Å²) in [5, 5.41) is 1.16. The summed E-state index contributed by atoms with van der Waals surface area (Å²) in [4.78, 5) is 17.6. The molecule has 1 aromatic heterocycles. The summed E-state index contributed by atoms with van der Waals surface area (Å²) >= 11 is 0. The predicted octanol–water partition coefficient (Wildman–Crippen LogP) is 8.66. The lowest BCUT2D eigenvalue weighted by Crippen LogP contribution is -2.28. The van der Waals surface area contributed by atoms with E-state index in [2.05, 4.69) is 84.8 Å². The van der Waals surface area contributed by atoms with Crippen molar-refractivity contribution in [3.63, 3.8) is 0 Å². The van der Waals surface area contributed by atoms with Crippen molar-refractivity contribution in [3.8, 4) is 5.75 Å². The van der Waals surface area contributed by atoms with Gasteiger partial charge in [0.2, 0.25) is 5.91 Å². The number of nitrogens with zero attached hydrogens (tertiary/aromatic N) is 1. The fourth-order valence-electron chi connectivity index (χ4n) is 3.94. The highest BCUT2D eigenvalue weighted by atomic mass is 16.5. The number of rotatable bonds is 18. The average molecular weight is 515 g/mol. The molecule has 38 heavy (non-hydrogen) atoms. The van der Waals surface area contributed by atoms with Gasteiger partial charge in [0.05, 0.1) is 7.11 Å². The number of likely N-dealkylation sites (N-methyl/N-ethyl adjacent to an activating group) is 1. The van der Waals surface area contributed by atoms with Gasteiger partial charge in [0.15, 0.2) is 0 Å². The lowest BCUT2D eigenvalue weighted by atomic mass is 10.1. The van der Waals surface area contributed by atoms with Crippen molar-refractivity contribution in [2.45, 2.75) is 64.7 Å². The minimum Gasteiger partial charge on any atom is -0.497 e. The minimum atomic E-state index is 0.182. The first-order valence-electron chi connectivity index (χ1n) is 13.9. The summed E-state index contributed by atoms with van der Waals surface area (Å²) in [7, 11) is 3.57. The summed E-state index contributed by atoms with van der Waals surface area (Å²) < 4.78 is 5.34. The molecule has 0 bridgehead atoms. The molecular weight excluding hydrogens is 468 g/mol. The van der Waals surface area contributed by atoms with Crippen molar-refractivity contribution in [3.05, 3.63) is 103 Å². The number of hydrogen-bond acceptors (Lipinski definition) is 2. The first-order valence-corrected chi connectivity index (χ1v) is 13.9. The molecule has 0 saturated carbocycles. The van der Waals surface area contributed by atoms with Gasteiger partial charge in [-0.3, -0.25) is 4.79 Å². The number of amides is 1. The molecule has 1 aromatic carbocycles. The van der Waals surface area contributed by atoms with Crippen LogP contribution in [0.4, 0.5) is 0 Å². The monoisotopic (exact) mass is 514 g/mol. The number of aromatic amines is 1. The fourth-order valence-corrected chi connectivity index (χ4v) is 3.94. The SMILES string of the molecule is CC/C=C\C/C=C\C/C=C\C/C=C\C/C=C\C/C=C\CCC(=O)N(C)CCc1c[nH]c2ccc(OC)cc12. The number of methoxy groups -OCH3 is 1. The molecule has 1 amide bonds. The molecule has 0 aliphatic carbocycles.